The Balaban J connectivity index is 2.72. The Morgan fingerprint density at radius 1 is 1.81 bits per heavy atom. The molecule has 0 bridgehead atoms. The van der Waals surface area contributed by atoms with E-state index in [-0.39, 0.29) is 24.1 Å². The Hall–Kier alpha value is -0.640. The van der Waals surface area contributed by atoms with E-state index in [1.165, 1.54) is 11.3 Å². The molecule has 0 saturated carbocycles. The largest absolute Gasteiger partial charge is 0.347 e. The van der Waals surface area contributed by atoms with Crippen molar-refractivity contribution in [3.8, 4) is 6.07 Å². The molecule has 4 nitrogen and oxygen atoms in total. The molecule has 1 amide bonds. The van der Waals surface area contributed by atoms with Gasteiger partial charge in [0, 0.05) is 6.04 Å². The number of hydrogen-bond donors (Lipinski definition) is 1. The first-order chi connectivity index (χ1) is 7.58. The van der Waals surface area contributed by atoms with E-state index in [9.17, 15) is 4.79 Å². The molecule has 16 heavy (non-hydrogen) atoms. The van der Waals surface area contributed by atoms with Gasteiger partial charge in [-0.05, 0) is 22.4 Å². The van der Waals surface area contributed by atoms with Crippen LogP contribution in [0.3, 0.4) is 0 Å². The summed E-state index contributed by atoms with van der Waals surface area (Å²) in [6.45, 7) is 1.90. The number of nitrogens with zero attached hydrogens (tertiary/aromatic N) is 2. The van der Waals surface area contributed by atoms with Crippen LogP contribution in [0.5, 0.6) is 0 Å². The summed E-state index contributed by atoms with van der Waals surface area (Å²) in [5, 5.41) is 11.3. The third-order valence-corrected chi connectivity index (χ3v) is 3.65. The number of carbonyl (C=O) groups is 1. The summed E-state index contributed by atoms with van der Waals surface area (Å²) in [5.74, 6) is -0.339. The van der Waals surface area contributed by atoms with Crippen molar-refractivity contribution in [2.45, 2.75) is 25.8 Å². The fourth-order valence-corrected chi connectivity index (χ4v) is 2.89. The van der Waals surface area contributed by atoms with Crippen LogP contribution in [-0.4, -0.2) is 16.9 Å². The molecular formula is C9H9BrClN3OS. The van der Waals surface area contributed by atoms with Gasteiger partial charge in [0.1, 0.15) is 4.34 Å². The minimum atomic E-state index is -0.339. The van der Waals surface area contributed by atoms with E-state index in [2.05, 4.69) is 26.2 Å². The van der Waals surface area contributed by atoms with Crippen LogP contribution in [0, 0.1) is 11.3 Å². The van der Waals surface area contributed by atoms with Gasteiger partial charge in [0.05, 0.1) is 12.5 Å². The predicted octanol–water partition coefficient (Wildman–Crippen LogP) is 2.98. The minimum Gasteiger partial charge on any atom is -0.347 e. The van der Waals surface area contributed by atoms with Crippen LogP contribution < -0.4 is 5.32 Å². The van der Waals surface area contributed by atoms with Crippen molar-refractivity contribution in [1.82, 2.24) is 10.3 Å². The molecule has 1 unspecified atom stereocenters. The van der Waals surface area contributed by atoms with Gasteiger partial charge >= 0.3 is 0 Å². The van der Waals surface area contributed by atoms with Crippen molar-refractivity contribution in [2.75, 3.05) is 0 Å². The molecule has 1 atom stereocenters. The minimum absolute atomic E-state index is 0.158. The molecular weight excluding hydrogens is 314 g/mol. The molecule has 86 valence electrons. The van der Waals surface area contributed by atoms with E-state index >= 15 is 0 Å². The SMILES string of the molecule is CCC(CC#N)NC(=O)c1nc(Br)sc1Cl. The lowest BCUT2D eigenvalue weighted by molar-refractivity contribution is 0.0932. The smallest absolute Gasteiger partial charge is 0.272 e. The number of aromatic nitrogens is 1. The zero-order valence-corrected chi connectivity index (χ0v) is 11.6. The van der Waals surface area contributed by atoms with Gasteiger partial charge in [-0.2, -0.15) is 5.26 Å². The molecule has 0 saturated heterocycles. The van der Waals surface area contributed by atoms with E-state index in [0.717, 1.165) is 0 Å². The zero-order valence-electron chi connectivity index (χ0n) is 8.46. The summed E-state index contributed by atoms with van der Waals surface area (Å²) >= 11 is 10.2. The van der Waals surface area contributed by atoms with Crippen molar-refractivity contribution < 1.29 is 4.79 Å². The number of halogens is 2. The van der Waals surface area contributed by atoms with Gasteiger partial charge in [-0.15, -0.1) is 0 Å². The fourth-order valence-electron chi connectivity index (χ4n) is 1.08. The number of thiazole rings is 1. The zero-order chi connectivity index (χ0) is 12.1. The van der Waals surface area contributed by atoms with E-state index in [1.807, 2.05) is 13.0 Å². The Morgan fingerprint density at radius 2 is 2.50 bits per heavy atom. The summed E-state index contributed by atoms with van der Waals surface area (Å²) in [7, 11) is 0. The lowest BCUT2D eigenvalue weighted by Gasteiger charge is -2.12. The topological polar surface area (TPSA) is 65.8 Å². The molecule has 0 radical (unpaired) electrons. The van der Waals surface area contributed by atoms with E-state index in [4.69, 9.17) is 16.9 Å². The first-order valence-corrected chi connectivity index (χ1v) is 6.56. The number of carbonyl (C=O) groups excluding carboxylic acids is 1. The molecule has 1 aromatic heterocycles. The highest BCUT2D eigenvalue weighted by atomic mass is 79.9. The van der Waals surface area contributed by atoms with E-state index < -0.39 is 0 Å². The molecule has 0 aliphatic heterocycles. The van der Waals surface area contributed by atoms with E-state index in [1.54, 1.807) is 0 Å². The first-order valence-electron chi connectivity index (χ1n) is 4.58. The van der Waals surface area contributed by atoms with Crippen LogP contribution in [0.15, 0.2) is 3.92 Å². The van der Waals surface area contributed by atoms with E-state index in [0.29, 0.717) is 14.7 Å². The third kappa shape index (κ3) is 3.44. The lowest BCUT2D eigenvalue weighted by Crippen LogP contribution is -2.34. The van der Waals surface area contributed by atoms with Gasteiger partial charge in [-0.3, -0.25) is 4.79 Å². The maximum absolute atomic E-state index is 11.7. The summed E-state index contributed by atoms with van der Waals surface area (Å²) in [4.78, 5) is 15.7. The number of nitriles is 1. The van der Waals surface area contributed by atoms with Crippen LogP contribution in [0.2, 0.25) is 4.34 Å². The monoisotopic (exact) mass is 321 g/mol. The maximum Gasteiger partial charge on any atom is 0.272 e. The first kappa shape index (κ1) is 13.4. The molecule has 1 heterocycles. The average Bonchev–Trinajstić information content (AvgIpc) is 2.57. The molecule has 0 aromatic carbocycles. The number of rotatable bonds is 4. The Bertz CT molecular complexity index is 429. The number of amides is 1. The van der Waals surface area contributed by atoms with Crippen molar-refractivity contribution in [3.63, 3.8) is 0 Å². The highest BCUT2D eigenvalue weighted by Crippen LogP contribution is 2.27. The Morgan fingerprint density at radius 3 is 2.94 bits per heavy atom. The third-order valence-electron chi connectivity index (χ3n) is 1.94. The predicted molar refractivity (Wildman–Crippen MR) is 66.6 cm³/mol. The van der Waals surface area contributed by atoms with Gasteiger partial charge in [0.15, 0.2) is 9.61 Å². The Labute approximate surface area is 111 Å². The molecule has 1 aromatic rings. The Kier molecular flexibility index (Phi) is 5.19. The summed E-state index contributed by atoms with van der Waals surface area (Å²) in [6, 6.07) is 1.86. The average molecular weight is 323 g/mol. The van der Waals surface area contributed by atoms with Crippen LogP contribution in [0.25, 0.3) is 0 Å². The normalized spacial score (nSPS) is 11.9. The second kappa shape index (κ2) is 6.18. The molecule has 0 aliphatic rings. The second-order valence-electron chi connectivity index (χ2n) is 3.03. The lowest BCUT2D eigenvalue weighted by atomic mass is 10.1. The standard InChI is InChI=1S/C9H9BrClN3OS/c1-2-5(3-4-12)13-8(15)6-7(11)16-9(10)14-6/h5H,2-3H2,1H3,(H,13,15). The quantitative estimate of drug-likeness (QED) is 0.926. The summed E-state index contributed by atoms with van der Waals surface area (Å²) in [5.41, 5.74) is 0.204. The summed E-state index contributed by atoms with van der Waals surface area (Å²) in [6.07, 6.45) is 0.980. The van der Waals surface area contributed by atoms with Crippen LogP contribution in [0.1, 0.15) is 30.3 Å². The molecule has 1 rings (SSSR count). The highest BCUT2D eigenvalue weighted by molar-refractivity contribution is 9.11. The fraction of sp³-hybridized carbons (Fsp3) is 0.444. The maximum atomic E-state index is 11.7. The molecule has 0 spiro atoms. The van der Waals surface area contributed by atoms with Crippen LogP contribution in [-0.2, 0) is 0 Å². The molecule has 0 fully saturated rings. The molecule has 7 heteroatoms. The van der Waals surface area contributed by atoms with Crippen molar-refractivity contribution >= 4 is 44.8 Å². The number of nitrogens with one attached hydrogen (secondary N) is 1. The van der Waals surface area contributed by atoms with Gasteiger partial charge in [-0.25, -0.2) is 4.98 Å². The number of hydrogen-bond acceptors (Lipinski definition) is 4. The second-order valence-corrected chi connectivity index (χ2v) is 5.91. The summed E-state index contributed by atoms with van der Waals surface area (Å²) < 4.78 is 0.909. The van der Waals surface area contributed by atoms with Gasteiger partial charge in [0.2, 0.25) is 0 Å². The van der Waals surface area contributed by atoms with Crippen LogP contribution >= 0.6 is 38.9 Å². The van der Waals surface area contributed by atoms with Gasteiger partial charge in [0.25, 0.3) is 5.91 Å². The van der Waals surface area contributed by atoms with Crippen LogP contribution in [0.4, 0.5) is 0 Å². The molecule has 1 N–H and O–H groups in total. The van der Waals surface area contributed by atoms with Crippen molar-refractivity contribution in [2.24, 2.45) is 0 Å². The van der Waals surface area contributed by atoms with Crippen molar-refractivity contribution in [3.05, 3.63) is 13.9 Å². The van der Waals surface area contributed by atoms with Crippen molar-refractivity contribution in [1.29, 1.82) is 5.26 Å². The molecule has 0 aliphatic carbocycles. The highest BCUT2D eigenvalue weighted by Gasteiger charge is 2.18. The van der Waals surface area contributed by atoms with Gasteiger partial charge in [-0.1, -0.05) is 29.9 Å². The van der Waals surface area contributed by atoms with Gasteiger partial charge < -0.3 is 5.32 Å².